The largest absolute Gasteiger partial charge is 0.478 e. The molecule has 6 nitrogen and oxygen atoms in total. The molecule has 1 aromatic carbocycles. The monoisotopic (exact) mass is 289 g/mol. The first-order chi connectivity index (χ1) is 9.63. The number of amidine groups is 1. The number of nitrogens with zero attached hydrogens (tertiary/aromatic N) is 2. The number of amides is 1. The van der Waals surface area contributed by atoms with Crippen molar-refractivity contribution in [2.24, 2.45) is 10.2 Å². The van der Waals surface area contributed by atoms with Gasteiger partial charge in [-0.1, -0.05) is 36.0 Å². The van der Waals surface area contributed by atoms with E-state index in [1.807, 2.05) is 0 Å². The van der Waals surface area contributed by atoms with Crippen LogP contribution in [0.3, 0.4) is 0 Å². The Kier molecular flexibility index (Phi) is 4.67. The number of hydrogen-bond donors (Lipinski definition) is 2. The minimum atomic E-state index is -0.984. The Morgan fingerprint density at radius 3 is 2.60 bits per heavy atom. The number of rotatable bonds is 4. The molecule has 0 atom stereocenters. The fourth-order valence-corrected chi connectivity index (χ4v) is 2.02. The number of thioether (sulfide) groups is 1. The number of carboxylic acids is 1. The van der Waals surface area contributed by atoms with E-state index in [1.165, 1.54) is 17.8 Å². The Morgan fingerprint density at radius 2 is 2.00 bits per heavy atom. The number of hydrogen-bond acceptors (Lipinski definition) is 5. The zero-order valence-corrected chi connectivity index (χ0v) is 11.1. The van der Waals surface area contributed by atoms with E-state index in [0.717, 1.165) is 17.2 Å². The number of carbonyl (C=O) groups is 2. The van der Waals surface area contributed by atoms with Crippen molar-refractivity contribution in [3.05, 3.63) is 41.5 Å². The van der Waals surface area contributed by atoms with Gasteiger partial charge in [-0.25, -0.2) is 4.79 Å². The number of aliphatic carboxylic acids is 1. The molecule has 2 rings (SSSR count). The van der Waals surface area contributed by atoms with Crippen LogP contribution in [-0.2, 0) is 9.59 Å². The van der Waals surface area contributed by atoms with Crippen molar-refractivity contribution in [3.63, 3.8) is 0 Å². The summed E-state index contributed by atoms with van der Waals surface area (Å²) in [7, 11) is 0. The summed E-state index contributed by atoms with van der Waals surface area (Å²) in [5, 5.41) is 19.3. The van der Waals surface area contributed by atoms with Crippen LogP contribution >= 0.6 is 11.8 Å². The van der Waals surface area contributed by atoms with Crippen LogP contribution in [0.2, 0.25) is 0 Å². The lowest BCUT2D eigenvalue weighted by atomic mass is 10.1. The van der Waals surface area contributed by atoms with Gasteiger partial charge in [0.15, 0.2) is 5.17 Å². The van der Waals surface area contributed by atoms with E-state index in [-0.39, 0.29) is 5.91 Å². The van der Waals surface area contributed by atoms with Crippen molar-refractivity contribution >= 4 is 41.1 Å². The summed E-state index contributed by atoms with van der Waals surface area (Å²) in [5.74, 6) is -0.681. The average Bonchev–Trinajstić information content (AvgIpc) is 2.83. The molecule has 1 aromatic rings. The first kappa shape index (κ1) is 14.0. The lowest BCUT2D eigenvalue weighted by Gasteiger charge is -1.94. The molecule has 0 saturated carbocycles. The second-order valence-electron chi connectivity index (χ2n) is 3.82. The van der Waals surface area contributed by atoms with E-state index in [9.17, 15) is 9.59 Å². The second kappa shape index (κ2) is 6.67. The smallest absolute Gasteiger partial charge is 0.328 e. The zero-order chi connectivity index (χ0) is 14.4. The number of benzene rings is 1. The maximum atomic E-state index is 10.9. The molecule has 0 aliphatic carbocycles. The number of carbonyl (C=O) groups excluding carboxylic acids is 1. The van der Waals surface area contributed by atoms with E-state index in [1.54, 1.807) is 30.5 Å². The number of carboxylic acid groups (broad SMARTS) is 1. The second-order valence-corrected chi connectivity index (χ2v) is 4.79. The summed E-state index contributed by atoms with van der Waals surface area (Å²) in [6.45, 7) is 0. The lowest BCUT2D eigenvalue weighted by molar-refractivity contribution is -0.131. The zero-order valence-electron chi connectivity index (χ0n) is 10.3. The highest BCUT2D eigenvalue weighted by Crippen LogP contribution is 2.09. The van der Waals surface area contributed by atoms with Crippen molar-refractivity contribution < 1.29 is 14.7 Å². The van der Waals surface area contributed by atoms with Crippen LogP contribution in [0.5, 0.6) is 0 Å². The van der Waals surface area contributed by atoms with Gasteiger partial charge in [-0.05, 0) is 17.2 Å². The highest BCUT2D eigenvalue weighted by Gasteiger charge is 2.15. The van der Waals surface area contributed by atoms with Crippen LogP contribution in [0.25, 0.3) is 6.08 Å². The summed E-state index contributed by atoms with van der Waals surface area (Å²) in [5.41, 5.74) is 1.62. The molecular formula is C13H11N3O3S. The van der Waals surface area contributed by atoms with Gasteiger partial charge in [0.05, 0.1) is 12.0 Å². The molecule has 1 aliphatic heterocycles. The van der Waals surface area contributed by atoms with Crippen LogP contribution in [0.4, 0.5) is 0 Å². The molecule has 1 aliphatic rings. The quantitative estimate of drug-likeness (QED) is 0.497. The van der Waals surface area contributed by atoms with Crippen LogP contribution < -0.4 is 5.32 Å². The Balaban J connectivity index is 1.97. The van der Waals surface area contributed by atoms with Crippen LogP contribution in [0, 0.1) is 0 Å². The van der Waals surface area contributed by atoms with E-state index < -0.39 is 5.97 Å². The first-order valence-corrected chi connectivity index (χ1v) is 6.67. The van der Waals surface area contributed by atoms with Crippen molar-refractivity contribution in [1.29, 1.82) is 0 Å². The average molecular weight is 289 g/mol. The van der Waals surface area contributed by atoms with Gasteiger partial charge in [-0.15, -0.1) is 5.10 Å². The summed E-state index contributed by atoms with van der Waals surface area (Å²) < 4.78 is 0. The predicted octanol–water partition coefficient (Wildman–Crippen LogP) is 1.34. The SMILES string of the molecule is O=C(O)C=Cc1ccc(C=NN=C2NC(=O)CS2)cc1. The maximum absolute atomic E-state index is 10.9. The molecule has 102 valence electrons. The van der Waals surface area contributed by atoms with Crippen LogP contribution in [0.15, 0.2) is 40.5 Å². The molecule has 0 spiro atoms. The molecule has 1 fully saturated rings. The van der Waals surface area contributed by atoms with Crippen molar-refractivity contribution in [2.45, 2.75) is 0 Å². The fourth-order valence-electron chi connectivity index (χ4n) is 1.39. The molecule has 0 radical (unpaired) electrons. The van der Waals surface area contributed by atoms with E-state index >= 15 is 0 Å². The molecule has 20 heavy (non-hydrogen) atoms. The summed E-state index contributed by atoms with van der Waals surface area (Å²) in [6.07, 6.45) is 4.14. The minimum Gasteiger partial charge on any atom is -0.478 e. The Morgan fingerprint density at radius 1 is 1.30 bits per heavy atom. The first-order valence-electron chi connectivity index (χ1n) is 5.68. The van der Waals surface area contributed by atoms with Gasteiger partial charge >= 0.3 is 5.97 Å². The summed E-state index contributed by atoms with van der Waals surface area (Å²) in [4.78, 5) is 21.3. The molecule has 7 heteroatoms. The highest BCUT2D eigenvalue weighted by molar-refractivity contribution is 8.15. The maximum Gasteiger partial charge on any atom is 0.328 e. The molecular weight excluding hydrogens is 278 g/mol. The Bertz CT molecular complexity index is 606. The third-order valence-electron chi connectivity index (χ3n) is 2.30. The third kappa shape index (κ3) is 4.36. The normalized spacial score (nSPS) is 17.2. The number of nitrogens with one attached hydrogen (secondary N) is 1. The summed E-state index contributed by atoms with van der Waals surface area (Å²) in [6, 6.07) is 7.15. The van der Waals surface area contributed by atoms with Crippen LogP contribution in [-0.4, -0.2) is 34.1 Å². The molecule has 0 aromatic heterocycles. The molecule has 1 amide bonds. The molecule has 0 unspecified atom stereocenters. The van der Waals surface area contributed by atoms with Gasteiger partial charge in [0.25, 0.3) is 0 Å². The van der Waals surface area contributed by atoms with Crippen LogP contribution in [0.1, 0.15) is 11.1 Å². The van der Waals surface area contributed by atoms with E-state index in [4.69, 9.17) is 5.11 Å². The minimum absolute atomic E-state index is 0.0708. The van der Waals surface area contributed by atoms with E-state index in [0.29, 0.717) is 10.9 Å². The molecule has 1 saturated heterocycles. The van der Waals surface area contributed by atoms with Gasteiger partial charge in [0, 0.05) is 6.08 Å². The highest BCUT2D eigenvalue weighted by atomic mass is 32.2. The molecule has 1 heterocycles. The molecule has 0 bridgehead atoms. The standard InChI is InChI=1S/C13H11N3O3S/c17-11-8-20-13(15-11)16-14-7-10-3-1-9(2-4-10)5-6-12(18)19/h1-7H,8H2,(H,18,19)(H,15,16,17). The topological polar surface area (TPSA) is 91.1 Å². The van der Waals surface area contributed by atoms with Crippen molar-refractivity contribution in [1.82, 2.24) is 5.32 Å². The Hall–Kier alpha value is -2.41. The molecule has 2 N–H and O–H groups in total. The van der Waals surface area contributed by atoms with Gasteiger partial charge in [-0.2, -0.15) is 5.10 Å². The lowest BCUT2D eigenvalue weighted by Crippen LogP contribution is -2.19. The van der Waals surface area contributed by atoms with Gasteiger partial charge < -0.3 is 10.4 Å². The Labute approximate surface area is 119 Å². The fraction of sp³-hybridized carbons (Fsp3) is 0.0769. The van der Waals surface area contributed by atoms with Crippen molar-refractivity contribution in [3.8, 4) is 0 Å². The predicted molar refractivity (Wildman–Crippen MR) is 78.7 cm³/mol. The van der Waals surface area contributed by atoms with Gasteiger partial charge in [0.2, 0.25) is 5.91 Å². The van der Waals surface area contributed by atoms with Gasteiger partial charge in [0.1, 0.15) is 0 Å². The third-order valence-corrected chi connectivity index (χ3v) is 3.16. The van der Waals surface area contributed by atoms with Crippen molar-refractivity contribution in [2.75, 3.05) is 5.75 Å². The van der Waals surface area contributed by atoms with Gasteiger partial charge in [-0.3, -0.25) is 4.79 Å². The van der Waals surface area contributed by atoms with E-state index in [2.05, 4.69) is 15.5 Å². The summed E-state index contributed by atoms with van der Waals surface area (Å²) >= 11 is 1.31.